The van der Waals surface area contributed by atoms with Gasteiger partial charge in [0.15, 0.2) is 0 Å². The molecular weight excluding hydrogens is 224 g/mol. The Bertz CT molecular complexity index is 170. The van der Waals surface area contributed by atoms with E-state index in [-0.39, 0.29) is 35.5 Å². The largest absolute Gasteiger partial charge is 2.00 e. The van der Waals surface area contributed by atoms with Crippen LogP contribution in [0, 0.1) is 6.92 Å². The Morgan fingerprint density at radius 1 is 1.20 bits per heavy atom. The molecule has 0 heterocycles. The summed E-state index contributed by atoms with van der Waals surface area (Å²) in [6, 6.07) is 7.87. The predicted octanol–water partition coefficient (Wildman–Crippen LogP) is -0.746. The van der Waals surface area contributed by atoms with E-state index in [4.69, 9.17) is 0 Å². The SMILES string of the molecule is [CH2-]c1ccccc1Br.[Cl-].[Mg+2]. The second-order valence-corrected chi connectivity index (χ2v) is 2.45. The van der Waals surface area contributed by atoms with E-state index in [0.717, 1.165) is 10.0 Å². The minimum atomic E-state index is 0. The van der Waals surface area contributed by atoms with Gasteiger partial charge in [0.05, 0.1) is 0 Å². The van der Waals surface area contributed by atoms with Crippen LogP contribution in [-0.2, 0) is 0 Å². The van der Waals surface area contributed by atoms with Crippen molar-refractivity contribution in [3.8, 4) is 0 Å². The van der Waals surface area contributed by atoms with Crippen LogP contribution in [0.2, 0.25) is 0 Å². The molecule has 0 aliphatic carbocycles. The average molecular weight is 230 g/mol. The molecule has 0 aliphatic heterocycles. The van der Waals surface area contributed by atoms with Crippen LogP contribution in [-0.4, -0.2) is 23.1 Å². The van der Waals surface area contributed by atoms with E-state index in [1.807, 2.05) is 24.3 Å². The van der Waals surface area contributed by atoms with Gasteiger partial charge >= 0.3 is 23.1 Å². The summed E-state index contributed by atoms with van der Waals surface area (Å²) in [5.41, 5.74) is 1.03. The fraction of sp³-hybridized carbons (Fsp3) is 0. The van der Waals surface area contributed by atoms with E-state index in [2.05, 4.69) is 22.9 Å². The van der Waals surface area contributed by atoms with Crippen LogP contribution in [0.3, 0.4) is 0 Å². The zero-order chi connectivity index (χ0) is 5.98. The van der Waals surface area contributed by atoms with Crippen LogP contribution in [0.5, 0.6) is 0 Å². The molecule has 0 radical (unpaired) electrons. The normalized spacial score (nSPS) is 7.30. The van der Waals surface area contributed by atoms with Crippen LogP contribution in [0.1, 0.15) is 5.56 Å². The maximum atomic E-state index is 3.77. The van der Waals surface area contributed by atoms with Crippen molar-refractivity contribution in [3.63, 3.8) is 0 Å². The quantitative estimate of drug-likeness (QED) is 0.406. The maximum Gasteiger partial charge on any atom is 2.00 e. The van der Waals surface area contributed by atoms with Crippen molar-refractivity contribution in [1.29, 1.82) is 0 Å². The first-order valence-electron chi connectivity index (χ1n) is 2.37. The molecule has 0 bridgehead atoms. The number of halogens is 2. The molecule has 0 aliphatic rings. The standard InChI is InChI=1S/C7H6Br.ClH.Mg/c1-6-4-2-3-5-7(6)8;;/h2-5H,1H2;1H;/q-1;;+2/p-1. The summed E-state index contributed by atoms with van der Waals surface area (Å²) in [5.74, 6) is 0. The first-order valence-corrected chi connectivity index (χ1v) is 3.16. The van der Waals surface area contributed by atoms with Crippen molar-refractivity contribution in [2.45, 2.75) is 0 Å². The monoisotopic (exact) mass is 228 g/mol. The third-order valence-electron chi connectivity index (χ3n) is 0.958. The van der Waals surface area contributed by atoms with Gasteiger partial charge in [0, 0.05) is 0 Å². The summed E-state index contributed by atoms with van der Waals surface area (Å²) in [5, 5.41) is 0. The third kappa shape index (κ3) is 3.71. The molecule has 0 atom stereocenters. The van der Waals surface area contributed by atoms with Gasteiger partial charge in [0.25, 0.3) is 0 Å². The molecule has 0 saturated heterocycles. The molecule has 0 amide bonds. The van der Waals surface area contributed by atoms with Crippen molar-refractivity contribution in [1.82, 2.24) is 0 Å². The van der Waals surface area contributed by atoms with Gasteiger partial charge in [-0.3, -0.25) is 0 Å². The summed E-state index contributed by atoms with van der Waals surface area (Å²) in [6.45, 7) is 3.77. The molecule has 0 spiro atoms. The van der Waals surface area contributed by atoms with E-state index in [1.54, 1.807) is 0 Å². The molecule has 50 valence electrons. The van der Waals surface area contributed by atoms with Crippen LogP contribution in [0.4, 0.5) is 0 Å². The first-order chi connectivity index (χ1) is 3.80. The summed E-state index contributed by atoms with van der Waals surface area (Å²) in [6.07, 6.45) is 0. The number of benzene rings is 1. The minimum absolute atomic E-state index is 0. The zero-order valence-electron chi connectivity index (χ0n) is 5.48. The van der Waals surface area contributed by atoms with Crippen LogP contribution < -0.4 is 12.4 Å². The second kappa shape index (κ2) is 6.34. The maximum absolute atomic E-state index is 3.77. The molecule has 1 aromatic carbocycles. The van der Waals surface area contributed by atoms with Gasteiger partial charge in [-0.2, -0.15) is 18.6 Å². The van der Waals surface area contributed by atoms with E-state index >= 15 is 0 Å². The Morgan fingerprint density at radius 3 is 2.00 bits per heavy atom. The van der Waals surface area contributed by atoms with Crippen molar-refractivity contribution >= 4 is 39.0 Å². The van der Waals surface area contributed by atoms with Gasteiger partial charge in [0.1, 0.15) is 0 Å². The molecule has 0 saturated carbocycles. The Balaban J connectivity index is 0. The van der Waals surface area contributed by atoms with Gasteiger partial charge < -0.3 is 12.4 Å². The molecule has 0 N–H and O–H groups in total. The topological polar surface area (TPSA) is 0 Å². The second-order valence-electron chi connectivity index (χ2n) is 1.59. The van der Waals surface area contributed by atoms with Gasteiger partial charge in [-0.15, -0.1) is 28.1 Å². The van der Waals surface area contributed by atoms with E-state index in [0.29, 0.717) is 0 Å². The van der Waals surface area contributed by atoms with E-state index in [9.17, 15) is 0 Å². The molecule has 3 heteroatoms. The van der Waals surface area contributed by atoms with Crippen molar-refractivity contribution in [2.24, 2.45) is 0 Å². The van der Waals surface area contributed by atoms with Gasteiger partial charge in [-0.1, -0.05) is 10.5 Å². The summed E-state index contributed by atoms with van der Waals surface area (Å²) < 4.78 is 1.07. The number of hydrogen-bond acceptors (Lipinski definition) is 0. The summed E-state index contributed by atoms with van der Waals surface area (Å²) in [7, 11) is 0. The molecule has 10 heavy (non-hydrogen) atoms. The van der Waals surface area contributed by atoms with Crippen molar-refractivity contribution < 1.29 is 12.4 Å². The Labute approximate surface area is 92.1 Å². The Kier molecular flexibility index (Phi) is 8.39. The molecule has 0 aromatic heterocycles. The Morgan fingerprint density at radius 2 is 1.70 bits per heavy atom. The smallest absolute Gasteiger partial charge is 1.00 e. The van der Waals surface area contributed by atoms with Gasteiger partial charge in [-0.25, -0.2) is 0 Å². The summed E-state index contributed by atoms with van der Waals surface area (Å²) >= 11 is 3.33. The molecule has 1 aromatic rings. The molecular formula is C7H6BrClMg. The minimum Gasteiger partial charge on any atom is -1.00 e. The van der Waals surface area contributed by atoms with Gasteiger partial charge in [0.2, 0.25) is 0 Å². The molecule has 0 unspecified atom stereocenters. The van der Waals surface area contributed by atoms with Crippen molar-refractivity contribution in [2.75, 3.05) is 0 Å². The van der Waals surface area contributed by atoms with Crippen molar-refractivity contribution in [3.05, 3.63) is 41.2 Å². The first kappa shape index (κ1) is 13.2. The third-order valence-corrected chi connectivity index (χ3v) is 1.73. The number of hydrogen-bond donors (Lipinski definition) is 0. The van der Waals surface area contributed by atoms with Crippen LogP contribution in [0.15, 0.2) is 28.7 Å². The molecule has 1 rings (SSSR count). The fourth-order valence-electron chi connectivity index (χ4n) is 0.498. The average Bonchev–Trinajstić information content (AvgIpc) is 1.77. The van der Waals surface area contributed by atoms with Crippen LogP contribution >= 0.6 is 15.9 Å². The van der Waals surface area contributed by atoms with E-state index in [1.165, 1.54) is 0 Å². The van der Waals surface area contributed by atoms with E-state index < -0.39 is 0 Å². The molecule has 0 nitrogen and oxygen atoms in total. The number of rotatable bonds is 0. The molecule has 0 fully saturated rings. The van der Waals surface area contributed by atoms with Crippen LogP contribution in [0.25, 0.3) is 0 Å². The fourth-order valence-corrected chi connectivity index (χ4v) is 0.783. The van der Waals surface area contributed by atoms with Gasteiger partial charge in [-0.05, 0) is 0 Å². The summed E-state index contributed by atoms with van der Waals surface area (Å²) in [4.78, 5) is 0. The Hall–Kier alpha value is 0.626. The predicted molar refractivity (Wildman–Crippen MR) is 44.4 cm³/mol. The zero-order valence-corrected chi connectivity index (χ0v) is 9.24.